The normalized spacial score (nSPS) is 14.3. The SMILES string of the molecule is O=C1Cc2ccccc2C(=O)N1Cc1ccc(F)c(Br)c1. The molecular weight excluding hydrogens is 337 g/mol. The molecule has 0 aromatic heterocycles. The van der Waals surface area contributed by atoms with Crippen molar-refractivity contribution in [3.8, 4) is 0 Å². The van der Waals surface area contributed by atoms with Crippen molar-refractivity contribution < 1.29 is 14.0 Å². The zero-order chi connectivity index (χ0) is 15.0. The third-order valence-corrected chi connectivity index (χ3v) is 4.07. The van der Waals surface area contributed by atoms with Crippen LogP contribution in [0, 0.1) is 5.82 Å². The van der Waals surface area contributed by atoms with E-state index in [4.69, 9.17) is 0 Å². The lowest BCUT2D eigenvalue weighted by Gasteiger charge is -2.26. The van der Waals surface area contributed by atoms with Crippen LogP contribution in [0.15, 0.2) is 46.9 Å². The number of amides is 2. The number of imide groups is 1. The molecule has 0 atom stereocenters. The van der Waals surface area contributed by atoms with Gasteiger partial charge in [-0.2, -0.15) is 0 Å². The highest BCUT2D eigenvalue weighted by Gasteiger charge is 2.30. The summed E-state index contributed by atoms with van der Waals surface area (Å²) < 4.78 is 13.6. The van der Waals surface area contributed by atoms with Crippen molar-refractivity contribution in [1.29, 1.82) is 0 Å². The fourth-order valence-corrected chi connectivity index (χ4v) is 2.81. The summed E-state index contributed by atoms with van der Waals surface area (Å²) in [5, 5.41) is 0. The van der Waals surface area contributed by atoms with Gasteiger partial charge in [0.25, 0.3) is 5.91 Å². The molecule has 0 unspecified atom stereocenters. The second-order valence-corrected chi connectivity index (χ2v) is 5.72. The number of halogens is 2. The molecule has 1 aliphatic rings. The summed E-state index contributed by atoms with van der Waals surface area (Å²) in [7, 11) is 0. The van der Waals surface area contributed by atoms with E-state index in [2.05, 4.69) is 15.9 Å². The van der Waals surface area contributed by atoms with Gasteiger partial charge in [-0.3, -0.25) is 14.5 Å². The van der Waals surface area contributed by atoms with E-state index in [0.717, 1.165) is 5.56 Å². The highest BCUT2D eigenvalue weighted by Crippen LogP contribution is 2.23. The molecule has 0 N–H and O–H groups in total. The number of carbonyl (C=O) groups is 2. The fraction of sp³-hybridized carbons (Fsp3) is 0.125. The van der Waals surface area contributed by atoms with Crippen LogP contribution in [0.1, 0.15) is 21.5 Å². The Hall–Kier alpha value is -2.01. The monoisotopic (exact) mass is 347 g/mol. The summed E-state index contributed by atoms with van der Waals surface area (Å²) in [5.41, 5.74) is 2.01. The molecule has 1 aliphatic heterocycles. The van der Waals surface area contributed by atoms with Crippen LogP contribution < -0.4 is 0 Å². The first-order valence-electron chi connectivity index (χ1n) is 6.43. The van der Waals surface area contributed by atoms with Crippen LogP contribution in [0.2, 0.25) is 0 Å². The number of hydrogen-bond acceptors (Lipinski definition) is 2. The Kier molecular flexibility index (Phi) is 3.59. The zero-order valence-corrected chi connectivity index (χ0v) is 12.6. The van der Waals surface area contributed by atoms with E-state index in [1.807, 2.05) is 6.07 Å². The smallest absolute Gasteiger partial charge is 0.261 e. The molecular formula is C16H11BrFNO2. The topological polar surface area (TPSA) is 37.4 Å². The largest absolute Gasteiger partial charge is 0.274 e. The minimum Gasteiger partial charge on any atom is -0.274 e. The summed E-state index contributed by atoms with van der Waals surface area (Å²) in [5.74, 6) is -0.915. The standard InChI is InChI=1S/C16H11BrFNO2/c17-13-7-10(5-6-14(13)18)9-19-15(20)8-11-3-1-2-4-12(11)16(19)21/h1-7H,8-9H2. The molecule has 106 valence electrons. The first-order valence-corrected chi connectivity index (χ1v) is 7.22. The molecule has 2 amide bonds. The molecule has 5 heteroatoms. The first kappa shape index (κ1) is 13.9. The van der Waals surface area contributed by atoms with Crippen LogP contribution >= 0.6 is 15.9 Å². The Labute approximate surface area is 129 Å². The molecule has 3 nitrogen and oxygen atoms in total. The molecule has 0 saturated carbocycles. The lowest BCUT2D eigenvalue weighted by molar-refractivity contribution is -0.128. The summed E-state index contributed by atoms with van der Waals surface area (Å²) >= 11 is 3.10. The van der Waals surface area contributed by atoms with Crippen molar-refractivity contribution >= 4 is 27.7 Å². The van der Waals surface area contributed by atoms with E-state index in [1.165, 1.54) is 11.0 Å². The van der Waals surface area contributed by atoms with Crippen molar-refractivity contribution in [3.63, 3.8) is 0 Å². The molecule has 0 radical (unpaired) electrons. The van der Waals surface area contributed by atoms with Crippen LogP contribution in [0.5, 0.6) is 0 Å². The fourth-order valence-electron chi connectivity index (χ4n) is 2.38. The van der Waals surface area contributed by atoms with Crippen molar-refractivity contribution in [3.05, 3.63) is 69.4 Å². The minimum atomic E-state index is -0.375. The average Bonchev–Trinajstić information content (AvgIpc) is 2.47. The molecule has 0 fully saturated rings. The first-order chi connectivity index (χ1) is 10.1. The van der Waals surface area contributed by atoms with E-state index in [0.29, 0.717) is 15.6 Å². The van der Waals surface area contributed by atoms with Gasteiger partial charge in [0.15, 0.2) is 0 Å². The number of hydrogen-bond donors (Lipinski definition) is 0. The van der Waals surface area contributed by atoms with Crippen LogP contribution in [0.4, 0.5) is 4.39 Å². The average molecular weight is 348 g/mol. The predicted octanol–water partition coefficient (Wildman–Crippen LogP) is 3.31. The second-order valence-electron chi connectivity index (χ2n) is 4.87. The number of nitrogens with zero attached hydrogens (tertiary/aromatic N) is 1. The Balaban J connectivity index is 1.91. The summed E-state index contributed by atoms with van der Waals surface area (Å²) in [4.78, 5) is 25.8. The van der Waals surface area contributed by atoms with Crippen molar-refractivity contribution in [1.82, 2.24) is 4.90 Å². The van der Waals surface area contributed by atoms with Gasteiger partial charge in [0, 0.05) is 5.56 Å². The van der Waals surface area contributed by atoms with Crippen LogP contribution in [0.3, 0.4) is 0 Å². The van der Waals surface area contributed by atoms with Crippen molar-refractivity contribution in [2.75, 3.05) is 0 Å². The van der Waals surface area contributed by atoms with Gasteiger partial charge in [-0.05, 0) is 45.3 Å². The molecule has 3 rings (SSSR count). The van der Waals surface area contributed by atoms with Gasteiger partial charge in [-0.15, -0.1) is 0 Å². The maximum atomic E-state index is 13.2. The van der Waals surface area contributed by atoms with Gasteiger partial charge < -0.3 is 0 Å². The Bertz CT molecular complexity index is 745. The predicted molar refractivity (Wildman–Crippen MR) is 79.1 cm³/mol. The van der Waals surface area contributed by atoms with E-state index < -0.39 is 0 Å². The molecule has 2 aromatic rings. The number of rotatable bonds is 2. The quantitative estimate of drug-likeness (QED) is 0.781. The number of carbonyl (C=O) groups excluding carboxylic acids is 2. The van der Waals surface area contributed by atoms with Crippen LogP contribution in [-0.4, -0.2) is 16.7 Å². The number of benzene rings is 2. The molecule has 1 heterocycles. The van der Waals surface area contributed by atoms with E-state index in [1.54, 1.807) is 30.3 Å². The van der Waals surface area contributed by atoms with E-state index in [-0.39, 0.29) is 30.6 Å². The second kappa shape index (κ2) is 5.41. The molecule has 0 bridgehead atoms. The Morgan fingerprint density at radius 3 is 2.67 bits per heavy atom. The molecule has 2 aromatic carbocycles. The third kappa shape index (κ3) is 2.61. The Morgan fingerprint density at radius 2 is 1.90 bits per heavy atom. The molecule has 0 aliphatic carbocycles. The van der Waals surface area contributed by atoms with Gasteiger partial charge in [0.2, 0.25) is 5.91 Å². The van der Waals surface area contributed by atoms with Gasteiger partial charge in [0.1, 0.15) is 5.82 Å². The van der Waals surface area contributed by atoms with Gasteiger partial charge in [-0.1, -0.05) is 24.3 Å². The van der Waals surface area contributed by atoms with E-state index >= 15 is 0 Å². The molecule has 0 spiro atoms. The van der Waals surface area contributed by atoms with Crippen LogP contribution in [0.25, 0.3) is 0 Å². The van der Waals surface area contributed by atoms with Gasteiger partial charge in [0.05, 0.1) is 17.4 Å². The van der Waals surface area contributed by atoms with E-state index in [9.17, 15) is 14.0 Å². The van der Waals surface area contributed by atoms with Crippen molar-refractivity contribution in [2.45, 2.75) is 13.0 Å². The van der Waals surface area contributed by atoms with Gasteiger partial charge >= 0.3 is 0 Å². The number of fused-ring (bicyclic) bond motifs is 1. The maximum absolute atomic E-state index is 13.2. The summed E-state index contributed by atoms with van der Waals surface area (Å²) in [6, 6.07) is 11.6. The van der Waals surface area contributed by atoms with Gasteiger partial charge in [-0.25, -0.2) is 4.39 Å². The zero-order valence-electron chi connectivity index (χ0n) is 11.0. The van der Waals surface area contributed by atoms with Crippen LogP contribution in [-0.2, 0) is 17.8 Å². The lowest BCUT2D eigenvalue weighted by atomic mass is 9.98. The Morgan fingerprint density at radius 1 is 1.14 bits per heavy atom. The third-order valence-electron chi connectivity index (χ3n) is 3.46. The minimum absolute atomic E-state index is 0.144. The molecule has 0 saturated heterocycles. The highest BCUT2D eigenvalue weighted by atomic mass is 79.9. The maximum Gasteiger partial charge on any atom is 0.261 e. The highest BCUT2D eigenvalue weighted by molar-refractivity contribution is 9.10. The molecule has 21 heavy (non-hydrogen) atoms. The van der Waals surface area contributed by atoms with Crippen molar-refractivity contribution in [2.24, 2.45) is 0 Å². The lowest BCUT2D eigenvalue weighted by Crippen LogP contribution is -2.41. The summed E-state index contributed by atoms with van der Waals surface area (Å²) in [6.45, 7) is 0.144. The summed E-state index contributed by atoms with van der Waals surface area (Å²) in [6.07, 6.45) is 0.213.